The van der Waals surface area contributed by atoms with E-state index in [4.69, 9.17) is 0 Å². The molecule has 7 nitrogen and oxygen atoms in total. The summed E-state index contributed by atoms with van der Waals surface area (Å²) in [5, 5.41) is 3.10. The van der Waals surface area contributed by atoms with Crippen molar-refractivity contribution in [2.45, 2.75) is 11.4 Å². The second kappa shape index (κ2) is 6.82. The Hall–Kier alpha value is -2.03. The van der Waals surface area contributed by atoms with Gasteiger partial charge in [0.15, 0.2) is 0 Å². The van der Waals surface area contributed by atoms with E-state index >= 15 is 0 Å². The van der Waals surface area contributed by atoms with Crippen molar-refractivity contribution in [3.8, 4) is 0 Å². The average Bonchev–Trinajstić information content (AvgIpc) is 2.83. The standard InChI is InChI=1S/C14H17N3O4S/c1-15-22(20,21)12-4-2-11(3-5-12)10-16-8-9-17-13(18)6-7-14(17)19/h2-7,15-16H,8-10H2,1H3. The summed E-state index contributed by atoms with van der Waals surface area (Å²) < 4.78 is 25.4. The Labute approximate surface area is 129 Å². The molecule has 1 aliphatic rings. The molecular formula is C14H17N3O4S. The lowest BCUT2D eigenvalue weighted by Crippen LogP contribution is -2.36. The third-order valence-corrected chi connectivity index (χ3v) is 4.67. The smallest absolute Gasteiger partial charge is 0.253 e. The van der Waals surface area contributed by atoms with Crippen LogP contribution in [-0.4, -0.2) is 45.3 Å². The molecule has 1 aromatic rings. The summed E-state index contributed by atoms with van der Waals surface area (Å²) >= 11 is 0. The average molecular weight is 323 g/mol. The number of amides is 2. The van der Waals surface area contributed by atoms with E-state index in [1.807, 2.05) is 0 Å². The van der Waals surface area contributed by atoms with E-state index in [9.17, 15) is 18.0 Å². The van der Waals surface area contributed by atoms with Crippen LogP contribution >= 0.6 is 0 Å². The SMILES string of the molecule is CNS(=O)(=O)c1ccc(CNCCN2C(=O)C=CC2=O)cc1. The molecule has 2 amide bonds. The first-order chi connectivity index (χ1) is 10.4. The first kappa shape index (κ1) is 16.3. The Kier molecular flexibility index (Phi) is 5.07. The minimum atomic E-state index is -3.42. The number of rotatable bonds is 7. The normalized spacial score (nSPS) is 14.9. The van der Waals surface area contributed by atoms with E-state index in [0.717, 1.165) is 10.5 Å². The van der Waals surface area contributed by atoms with Gasteiger partial charge in [0.1, 0.15) is 0 Å². The molecule has 2 N–H and O–H groups in total. The Bertz CT molecular complexity index is 677. The molecule has 1 aromatic carbocycles. The van der Waals surface area contributed by atoms with Gasteiger partial charge in [0.25, 0.3) is 11.8 Å². The minimum absolute atomic E-state index is 0.207. The van der Waals surface area contributed by atoms with Crippen LogP contribution < -0.4 is 10.0 Å². The maximum atomic E-state index is 11.6. The van der Waals surface area contributed by atoms with Gasteiger partial charge in [-0.15, -0.1) is 0 Å². The molecule has 0 saturated carbocycles. The topological polar surface area (TPSA) is 95.6 Å². The number of carbonyl (C=O) groups is 2. The number of benzene rings is 1. The summed E-state index contributed by atoms with van der Waals surface area (Å²) in [4.78, 5) is 24.0. The molecule has 0 spiro atoms. The molecule has 0 aliphatic carbocycles. The molecule has 0 atom stereocenters. The van der Waals surface area contributed by atoms with Gasteiger partial charge in [-0.25, -0.2) is 13.1 Å². The number of nitrogens with zero attached hydrogens (tertiary/aromatic N) is 1. The van der Waals surface area contributed by atoms with Crippen LogP contribution in [0.1, 0.15) is 5.56 Å². The number of sulfonamides is 1. The summed E-state index contributed by atoms with van der Waals surface area (Å²) in [6.45, 7) is 1.29. The van der Waals surface area contributed by atoms with Crippen LogP contribution in [0, 0.1) is 0 Å². The van der Waals surface area contributed by atoms with E-state index in [1.165, 1.54) is 31.3 Å². The highest BCUT2D eigenvalue weighted by atomic mass is 32.2. The molecule has 22 heavy (non-hydrogen) atoms. The van der Waals surface area contributed by atoms with Gasteiger partial charge in [0.05, 0.1) is 4.90 Å². The summed E-state index contributed by atoms with van der Waals surface area (Å²) in [5.74, 6) is -0.596. The predicted molar refractivity (Wildman–Crippen MR) is 80.3 cm³/mol. The highest BCUT2D eigenvalue weighted by molar-refractivity contribution is 7.89. The van der Waals surface area contributed by atoms with E-state index in [-0.39, 0.29) is 16.7 Å². The Morgan fingerprint density at radius 3 is 2.18 bits per heavy atom. The number of hydrogen-bond donors (Lipinski definition) is 2. The molecule has 8 heteroatoms. The summed E-state index contributed by atoms with van der Waals surface area (Å²) in [6.07, 6.45) is 2.51. The van der Waals surface area contributed by atoms with E-state index < -0.39 is 10.0 Å². The van der Waals surface area contributed by atoms with Crippen molar-refractivity contribution in [3.05, 3.63) is 42.0 Å². The van der Waals surface area contributed by atoms with Crippen LogP contribution in [0.2, 0.25) is 0 Å². The quantitative estimate of drug-likeness (QED) is 0.526. The zero-order chi connectivity index (χ0) is 16.2. The van der Waals surface area contributed by atoms with Gasteiger partial charge < -0.3 is 5.32 Å². The molecular weight excluding hydrogens is 306 g/mol. The molecule has 0 aromatic heterocycles. The molecule has 0 bridgehead atoms. The van der Waals surface area contributed by atoms with Gasteiger partial charge in [0.2, 0.25) is 10.0 Å². The number of nitrogens with one attached hydrogen (secondary N) is 2. The van der Waals surface area contributed by atoms with Crippen LogP contribution in [0.25, 0.3) is 0 Å². The fourth-order valence-electron chi connectivity index (χ4n) is 1.98. The molecule has 0 fully saturated rings. The van der Waals surface area contributed by atoms with Gasteiger partial charge in [-0.2, -0.15) is 0 Å². The molecule has 1 heterocycles. The van der Waals surface area contributed by atoms with Crippen molar-refractivity contribution in [1.29, 1.82) is 0 Å². The van der Waals surface area contributed by atoms with Crippen LogP contribution in [0.15, 0.2) is 41.3 Å². The fourth-order valence-corrected chi connectivity index (χ4v) is 2.71. The predicted octanol–water partition coefficient (Wildman–Crippen LogP) is -0.391. The van der Waals surface area contributed by atoms with Crippen LogP contribution in [0.3, 0.4) is 0 Å². The van der Waals surface area contributed by atoms with E-state index in [0.29, 0.717) is 19.6 Å². The van der Waals surface area contributed by atoms with Gasteiger partial charge in [-0.1, -0.05) is 12.1 Å². The monoisotopic (exact) mass is 323 g/mol. The Morgan fingerprint density at radius 1 is 1.05 bits per heavy atom. The summed E-state index contributed by atoms with van der Waals surface area (Å²) in [5.41, 5.74) is 0.909. The van der Waals surface area contributed by atoms with Crippen molar-refractivity contribution < 1.29 is 18.0 Å². The zero-order valence-corrected chi connectivity index (χ0v) is 12.9. The molecule has 1 aliphatic heterocycles. The van der Waals surface area contributed by atoms with E-state index in [2.05, 4.69) is 10.0 Å². The first-order valence-electron chi connectivity index (χ1n) is 6.71. The third kappa shape index (κ3) is 3.79. The van der Waals surface area contributed by atoms with Crippen LogP contribution in [-0.2, 0) is 26.2 Å². The molecule has 118 valence electrons. The first-order valence-corrected chi connectivity index (χ1v) is 8.19. The Morgan fingerprint density at radius 2 is 1.64 bits per heavy atom. The number of imide groups is 1. The largest absolute Gasteiger partial charge is 0.311 e. The fraction of sp³-hybridized carbons (Fsp3) is 0.286. The van der Waals surface area contributed by atoms with Crippen molar-refractivity contribution in [2.75, 3.05) is 20.1 Å². The number of carbonyl (C=O) groups excluding carboxylic acids is 2. The lowest BCUT2D eigenvalue weighted by atomic mass is 10.2. The Balaban J connectivity index is 1.80. The van der Waals surface area contributed by atoms with Crippen LogP contribution in [0.4, 0.5) is 0 Å². The molecule has 0 unspecified atom stereocenters. The maximum Gasteiger partial charge on any atom is 0.253 e. The van der Waals surface area contributed by atoms with Crippen molar-refractivity contribution >= 4 is 21.8 Å². The molecule has 0 saturated heterocycles. The summed E-state index contributed by atoms with van der Waals surface area (Å²) in [6, 6.07) is 6.48. The molecule has 2 rings (SSSR count). The van der Waals surface area contributed by atoms with Crippen molar-refractivity contribution in [2.24, 2.45) is 0 Å². The van der Waals surface area contributed by atoms with Crippen molar-refractivity contribution in [1.82, 2.24) is 14.9 Å². The highest BCUT2D eigenvalue weighted by Crippen LogP contribution is 2.10. The van der Waals surface area contributed by atoms with Gasteiger partial charge >= 0.3 is 0 Å². The van der Waals surface area contributed by atoms with E-state index in [1.54, 1.807) is 12.1 Å². The van der Waals surface area contributed by atoms with Crippen LogP contribution in [0.5, 0.6) is 0 Å². The highest BCUT2D eigenvalue weighted by Gasteiger charge is 2.22. The second-order valence-corrected chi connectivity index (χ2v) is 6.58. The van der Waals surface area contributed by atoms with Gasteiger partial charge in [-0.3, -0.25) is 14.5 Å². The van der Waals surface area contributed by atoms with Gasteiger partial charge in [0, 0.05) is 31.8 Å². The number of hydrogen-bond acceptors (Lipinski definition) is 5. The maximum absolute atomic E-state index is 11.6. The second-order valence-electron chi connectivity index (χ2n) is 4.69. The molecule has 0 radical (unpaired) electrons. The van der Waals surface area contributed by atoms with Gasteiger partial charge in [-0.05, 0) is 24.7 Å². The lowest BCUT2D eigenvalue weighted by Gasteiger charge is -2.14. The zero-order valence-electron chi connectivity index (χ0n) is 12.1. The summed E-state index contributed by atoms with van der Waals surface area (Å²) in [7, 11) is -2.06. The lowest BCUT2D eigenvalue weighted by molar-refractivity contribution is -0.136. The van der Waals surface area contributed by atoms with Crippen molar-refractivity contribution in [3.63, 3.8) is 0 Å². The third-order valence-electron chi connectivity index (χ3n) is 3.24. The minimum Gasteiger partial charge on any atom is -0.311 e.